The number of esters is 2. The van der Waals surface area contributed by atoms with Crippen LogP contribution in [0.3, 0.4) is 0 Å². The molecule has 1 aliphatic heterocycles. The number of rotatable bonds is 41. The first-order valence-electron chi connectivity index (χ1n) is 24.9. The van der Waals surface area contributed by atoms with Crippen molar-refractivity contribution >= 4 is 18.0 Å². The van der Waals surface area contributed by atoms with Crippen molar-refractivity contribution in [2.45, 2.75) is 226 Å². The molecule has 0 aromatic rings. The van der Waals surface area contributed by atoms with E-state index in [4.69, 9.17) is 23.7 Å². The van der Waals surface area contributed by atoms with E-state index in [1.807, 2.05) is 0 Å². The number of hydrogen-bond acceptors (Lipinski definition) is 9. The molecule has 1 aliphatic rings. The van der Waals surface area contributed by atoms with Crippen LogP contribution in [0.4, 0.5) is 4.79 Å². The molecule has 2 atom stereocenters. The summed E-state index contributed by atoms with van der Waals surface area (Å²) in [6, 6.07) is 0. The lowest BCUT2D eigenvalue weighted by atomic mass is 10.1. The normalized spacial score (nSPS) is 15.6. The maximum absolute atomic E-state index is 13.3. The van der Waals surface area contributed by atoms with Gasteiger partial charge < -0.3 is 33.5 Å². The predicted molar refractivity (Wildman–Crippen MR) is 246 cm³/mol. The highest BCUT2D eigenvalue weighted by Crippen LogP contribution is 2.21. The Labute approximate surface area is 368 Å². The van der Waals surface area contributed by atoms with Gasteiger partial charge in [-0.15, -0.1) is 0 Å². The lowest BCUT2D eigenvalue weighted by Crippen LogP contribution is -2.34. The molecule has 0 bridgehead atoms. The van der Waals surface area contributed by atoms with Crippen LogP contribution in [0.5, 0.6) is 0 Å². The fourth-order valence-electron chi connectivity index (χ4n) is 7.38. The van der Waals surface area contributed by atoms with Gasteiger partial charge in [0.05, 0.1) is 26.1 Å². The third-order valence-electron chi connectivity index (χ3n) is 11.3. The second-order valence-electron chi connectivity index (χ2n) is 16.7. The smallest absolute Gasteiger partial charge is 0.410 e. The van der Waals surface area contributed by atoms with Gasteiger partial charge in [0.15, 0.2) is 18.5 Å². The van der Waals surface area contributed by atoms with Crippen molar-refractivity contribution in [3.8, 4) is 0 Å². The SMILES string of the molecule is CCCCC/C=C\C/C=C\CCCCCCCC(=O)OC1CN(C(=O)OCCCN(CC)CC)CC1OC(=O)CCC(OCCCCCCCC)OCCCCCCCC. The van der Waals surface area contributed by atoms with Crippen LogP contribution in [0, 0.1) is 0 Å². The summed E-state index contributed by atoms with van der Waals surface area (Å²) >= 11 is 0. The number of nitrogens with zero attached hydrogens (tertiary/aromatic N) is 2. The predicted octanol–water partition coefficient (Wildman–Crippen LogP) is 12.7. The summed E-state index contributed by atoms with van der Waals surface area (Å²) in [5, 5.41) is 0. The Balaban J connectivity index is 2.65. The molecule has 1 fully saturated rings. The summed E-state index contributed by atoms with van der Waals surface area (Å²) in [5.74, 6) is -0.743. The van der Waals surface area contributed by atoms with Gasteiger partial charge in [0.2, 0.25) is 0 Å². The molecular weight excluding hydrogens is 757 g/mol. The van der Waals surface area contributed by atoms with E-state index in [0.717, 1.165) is 96.7 Å². The molecule has 1 rings (SSSR count). The second kappa shape index (κ2) is 40.6. The fraction of sp³-hybridized carbons (Fsp3) is 0.860. The lowest BCUT2D eigenvalue weighted by Gasteiger charge is -2.21. The average molecular weight is 849 g/mol. The minimum atomic E-state index is -0.763. The van der Waals surface area contributed by atoms with E-state index >= 15 is 0 Å². The van der Waals surface area contributed by atoms with Gasteiger partial charge in [-0.1, -0.05) is 155 Å². The summed E-state index contributed by atoms with van der Waals surface area (Å²) in [5.41, 5.74) is 0. The first-order valence-corrected chi connectivity index (χ1v) is 24.9. The van der Waals surface area contributed by atoms with Gasteiger partial charge in [-0.3, -0.25) is 9.59 Å². The summed E-state index contributed by atoms with van der Waals surface area (Å²) in [4.78, 5) is 43.2. The van der Waals surface area contributed by atoms with Crippen LogP contribution in [0.15, 0.2) is 24.3 Å². The molecule has 2 unspecified atom stereocenters. The molecule has 60 heavy (non-hydrogen) atoms. The standard InChI is InChI=1S/C50H92N2O8/c1-6-11-14-17-20-21-22-23-24-25-26-27-28-29-32-36-47(53)59-45-43-52(50(55)58-42-35-39-51(9-4)10-5)44-46(45)60-48(54)37-38-49(56-40-33-30-18-15-12-7-2)57-41-34-31-19-16-13-8-3/h20-21,23-24,45-46,49H,6-19,22,25-44H2,1-5H3/b21-20-,24-23-. The molecule has 0 aromatic carbocycles. The van der Waals surface area contributed by atoms with Crippen LogP contribution in [0.2, 0.25) is 0 Å². The zero-order valence-electron chi connectivity index (χ0n) is 39.5. The van der Waals surface area contributed by atoms with Gasteiger partial charge in [-0.05, 0) is 70.9 Å². The van der Waals surface area contributed by atoms with Crippen molar-refractivity contribution in [3.05, 3.63) is 24.3 Å². The van der Waals surface area contributed by atoms with E-state index in [0.29, 0.717) is 32.7 Å². The number of likely N-dealkylation sites (tertiary alicyclic amines) is 1. The molecule has 0 radical (unpaired) electrons. The number of carbonyl (C=O) groups is 3. The highest BCUT2D eigenvalue weighted by atomic mass is 16.7. The fourth-order valence-corrected chi connectivity index (χ4v) is 7.38. The first-order chi connectivity index (χ1) is 29.4. The van der Waals surface area contributed by atoms with E-state index in [2.05, 4.69) is 63.8 Å². The van der Waals surface area contributed by atoms with Crippen molar-refractivity contribution in [3.63, 3.8) is 0 Å². The summed E-state index contributed by atoms with van der Waals surface area (Å²) in [7, 11) is 0. The number of amides is 1. The van der Waals surface area contributed by atoms with Crippen LogP contribution >= 0.6 is 0 Å². The van der Waals surface area contributed by atoms with E-state index in [-0.39, 0.29) is 25.5 Å². The summed E-state index contributed by atoms with van der Waals surface area (Å²) < 4.78 is 29.7. The Morgan fingerprint density at radius 1 is 0.550 bits per heavy atom. The van der Waals surface area contributed by atoms with Gasteiger partial charge in [0.1, 0.15) is 0 Å². The second-order valence-corrected chi connectivity index (χ2v) is 16.7. The zero-order valence-corrected chi connectivity index (χ0v) is 39.5. The van der Waals surface area contributed by atoms with Gasteiger partial charge in [-0.2, -0.15) is 0 Å². The van der Waals surface area contributed by atoms with Crippen molar-refractivity contribution in [2.75, 3.05) is 52.5 Å². The molecule has 0 N–H and O–H groups in total. The summed E-state index contributed by atoms with van der Waals surface area (Å²) in [6.07, 6.45) is 34.4. The van der Waals surface area contributed by atoms with E-state index < -0.39 is 30.6 Å². The highest BCUT2D eigenvalue weighted by Gasteiger charge is 2.41. The van der Waals surface area contributed by atoms with Crippen LogP contribution in [-0.4, -0.2) is 98.9 Å². The largest absolute Gasteiger partial charge is 0.456 e. The van der Waals surface area contributed by atoms with Crippen LogP contribution in [0.25, 0.3) is 0 Å². The third-order valence-corrected chi connectivity index (χ3v) is 11.3. The zero-order chi connectivity index (χ0) is 43.7. The maximum Gasteiger partial charge on any atom is 0.410 e. The molecule has 1 amide bonds. The van der Waals surface area contributed by atoms with Gasteiger partial charge in [0.25, 0.3) is 0 Å². The Morgan fingerprint density at radius 2 is 1.02 bits per heavy atom. The van der Waals surface area contributed by atoms with Crippen LogP contribution < -0.4 is 0 Å². The van der Waals surface area contributed by atoms with Crippen molar-refractivity contribution < 1.29 is 38.1 Å². The molecule has 10 nitrogen and oxygen atoms in total. The Hall–Kier alpha value is -2.43. The average Bonchev–Trinajstić information content (AvgIpc) is 3.64. The molecule has 1 heterocycles. The molecule has 0 spiro atoms. The molecule has 0 aliphatic carbocycles. The van der Waals surface area contributed by atoms with Crippen molar-refractivity contribution in [2.24, 2.45) is 0 Å². The molecule has 350 valence electrons. The number of allylic oxidation sites excluding steroid dienone is 4. The minimum absolute atomic E-state index is 0.108. The molecule has 10 heteroatoms. The van der Waals surface area contributed by atoms with Gasteiger partial charge in [0, 0.05) is 32.6 Å². The lowest BCUT2D eigenvalue weighted by molar-refractivity contribution is -0.169. The maximum atomic E-state index is 13.3. The molecule has 1 saturated heterocycles. The van der Waals surface area contributed by atoms with E-state index in [9.17, 15) is 14.4 Å². The molecule has 0 aromatic heterocycles. The summed E-state index contributed by atoms with van der Waals surface area (Å²) in [6.45, 7) is 15.4. The molecular formula is C50H92N2O8. The Kier molecular flexibility index (Phi) is 37.6. The monoisotopic (exact) mass is 849 g/mol. The Bertz CT molecular complexity index is 1060. The van der Waals surface area contributed by atoms with Crippen molar-refractivity contribution in [1.29, 1.82) is 0 Å². The quantitative estimate of drug-likeness (QED) is 0.0195. The van der Waals surface area contributed by atoms with Crippen LogP contribution in [-0.2, 0) is 33.3 Å². The highest BCUT2D eigenvalue weighted by molar-refractivity contribution is 5.72. The number of hydrogen-bond donors (Lipinski definition) is 0. The third kappa shape index (κ3) is 31.4. The van der Waals surface area contributed by atoms with Crippen LogP contribution in [0.1, 0.15) is 208 Å². The van der Waals surface area contributed by atoms with Gasteiger partial charge >= 0.3 is 18.0 Å². The minimum Gasteiger partial charge on any atom is -0.456 e. The van der Waals surface area contributed by atoms with Gasteiger partial charge in [-0.25, -0.2) is 4.79 Å². The van der Waals surface area contributed by atoms with Crippen molar-refractivity contribution in [1.82, 2.24) is 9.80 Å². The van der Waals surface area contributed by atoms with E-state index in [1.54, 1.807) is 0 Å². The first kappa shape index (κ1) is 55.6. The topological polar surface area (TPSA) is 104 Å². The Morgan fingerprint density at radius 3 is 1.57 bits per heavy atom. The number of carbonyl (C=O) groups excluding carboxylic acids is 3. The number of ether oxygens (including phenoxy) is 5. The molecule has 0 saturated carbocycles. The van der Waals surface area contributed by atoms with E-state index in [1.165, 1.54) is 81.9 Å². The number of unbranched alkanes of at least 4 members (excludes halogenated alkanes) is 18.